The molecule has 162 valence electrons. The number of hydrogen-bond acceptors (Lipinski definition) is 2. The van der Waals surface area contributed by atoms with Gasteiger partial charge in [0.1, 0.15) is 12.7 Å². The molecule has 0 aliphatic carbocycles. The molecule has 2 heterocycles. The Hall–Kier alpha value is -1.12. The molecule has 0 bridgehead atoms. The Morgan fingerprint density at radius 1 is 0.786 bits per heavy atom. The van der Waals surface area contributed by atoms with Crippen LogP contribution in [0.5, 0.6) is 11.6 Å². The molecule has 0 radical (unpaired) electrons. The second-order valence-corrected chi connectivity index (χ2v) is 8.72. The Morgan fingerprint density at radius 3 is 1.82 bits per heavy atom. The molecule has 28 heavy (non-hydrogen) atoms. The molecule has 0 N–H and O–H groups in total. The highest BCUT2D eigenvalue weighted by Crippen LogP contribution is 2.33. The minimum absolute atomic E-state index is 0.166. The van der Waals surface area contributed by atoms with Crippen molar-refractivity contribution in [3.63, 3.8) is 0 Å². The number of aryl methyl sites for hydroxylation is 1. The maximum atomic E-state index is 5.82. The second-order valence-electron chi connectivity index (χ2n) is 8.72. The van der Waals surface area contributed by atoms with Gasteiger partial charge in [-0.2, -0.15) is 0 Å². The first-order valence-corrected chi connectivity index (χ1v) is 12.3. The summed E-state index contributed by atoms with van der Waals surface area (Å²) in [7, 11) is 0. The van der Waals surface area contributed by atoms with E-state index in [-0.39, 0.29) is 6.10 Å². The van der Waals surface area contributed by atoms with Crippen LogP contribution in [0, 0.1) is 0 Å². The zero-order valence-electron chi connectivity index (χ0n) is 18.7. The van der Waals surface area contributed by atoms with Gasteiger partial charge < -0.3 is 14.0 Å². The lowest BCUT2D eigenvalue weighted by molar-refractivity contribution is 0.0964. The Kier molecular flexibility index (Phi) is 12.3. The first-order valence-electron chi connectivity index (χ1n) is 12.3. The van der Waals surface area contributed by atoms with Gasteiger partial charge in [-0.25, -0.2) is 0 Å². The van der Waals surface area contributed by atoms with Crippen molar-refractivity contribution in [1.82, 2.24) is 4.57 Å². The summed E-state index contributed by atoms with van der Waals surface area (Å²) in [6.45, 7) is 6.05. The zero-order valence-corrected chi connectivity index (χ0v) is 18.7. The first kappa shape index (κ1) is 23.2. The van der Waals surface area contributed by atoms with Crippen LogP contribution in [-0.4, -0.2) is 17.3 Å². The fourth-order valence-corrected chi connectivity index (χ4v) is 4.14. The van der Waals surface area contributed by atoms with Crippen LogP contribution in [0.3, 0.4) is 0 Å². The molecule has 0 amide bonds. The van der Waals surface area contributed by atoms with Crippen molar-refractivity contribution in [3.05, 3.63) is 12.3 Å². The normalized spacial score (nSPS) is 15.9. The third-order valence-electron chi connectivity index (χ3n) is 5.91. The molecular weight excluding hydrogens is 346 g/mol. The standard InChI is InChI=1S/C25H45NO2/c1-3-4-5-6-7-8-9-10-11-12-13-14-15-16-17-18-20-26-21-19-24-25(26)27-22-23(2)28-24/h19,21,23H,3-18,20,22H2,1-2H3. The Bertz CT molecular complexity index is 497. The van der Waals surface area contributed by atoms with Crippen molar-refractivity contribution in [1.29, 1.82) is 0 Å². The molecule has 1 atom stereocenters. The van der Waals surface area contributed by atoms with E-state index in [1.807, 2.05) is 6.07 Å². The third-order valence-corrected chi connectivity index (χ3v) is 5.91. The van der Waals surface area contributed by atoms with Crippen molar-refractivity contribution < 1.29 is 9.47 Å². The number of fused-ring (bicyclic) bond motifs is 1. The lowest BCUT2D eigenvalue weighted by atomic mass is 10.0. The van der Waals surface area contributed by atoms with Crippen molar-refractivity contribution >= 4 is 0 Å². The lowest BCUT2D eigenvalue weighted by Gasteiger charge is -2.22. The zero-order chi connectivity index (χ0) is 19.9. The second kappa shape index (κ2) is 14.8. The molecule has 0 fully saturated rings. The highest BCUT2D eigenvalue weighted by molar-refractivity contribution is 5.37. The van der Waals surface area contributed by atoms with Crippen LogP contribution in [0.15, 0.2) is 12.3 Å². The first-order chi connectivity index (χ1) is 13.8. The Balaban J connectivity index is 1.33. The van der Waals surface area contributed by atoms with Crippen LogP contribution in [0.1, 0.15) is 117 Å². The summed E-state index contributed by atoms with van der Waals surface area (Å²) in [6.07, 6.45) is 24.9. The van der Waals surface area contributed by atoms with Crippen LogP contribution in [-0.2, 0) is 6.54 Å². The largest absolute Gasteiger partial charge is 0.481 e. The van der Waals surface area contributed by atoms with Gasteiger partial charge in [0.05, 0.1) is 0 Å². The number of rotatable bonds is 17. The van der Waals surface area contributed by atoms with E-state index in [1.165, 1.54) is 103 Å². The van der Waals surface area contributed by atoms with E-state index < -0.39 is 0 Å². The van der Waals surface area contributed by atoms with E-state index >= 15 is 0 Å². The maximum Gasteiger partial charge on any atom is 0.237 e. The van der Waals surface area contributed by atoms with Gasteiger partial charge in [-0.15, -0.1) is 0 Å². The van der Waals surface area contributed by atoms with Gasteiger partial charge in [0.25, 0.3) is 0 Å². The SMILES string of the molecule is CCCCCCCCCCCCCCCCCCn1ccc2c1OCC(C)O2. The number of unbranched alkanes of at least 4 members (excludes halogenated alkanes) is 15. The van der Waals surface area contributed by atoms with Gasteiger partial charge >= 0.3 is 0 Å². The van der Waals surface area contributed by atoms with Gasteiger partial charge in [0.2, 0.25) is 5.88 Å². The number of ether oxygens (including phenoxy) is 2. The molecule has 0 aromatic carbocycles. The van der Waals surface area contributed by atoms with E-state index in [0.717, 1.165) is 18.2 Å². The Morgan fingerprint density at radius 2 is 1.29 bits per heavy atom. The number of hydrogen-bond donors (Lipinski definition) is 0. The quantitative estimate of drug-likeness (QED) is 0.252. The summed E-state index contributed by atoms with van der Waals surface area (Å²) in [5, 5.41) is 0. The van der Waals surface area contributed by atoms with Gasteiger partial charge in [-0.05, 0) is 13.3 Å². The lowest BCUT2D eigenvalue weighted by Crippen LogP contribution is -2.26. The minimum Gasteiger partial charge on any atom is -0.481 e. The topological polar surface area (TPSA) is 23.4 Å². The van der Waals surface area contributed by atoms with E-state index in [0.29, 0.717) is 6.61 Å². The smallest absolute Gasteiger partial charge is 0.237 e. The maximum absolute atomic E-state index is 5.82. The molecule has 1 aliphatic rings. The summed E-state index contributed by atoms with van der Waals surface area (Å²) < 4.78 is 13.8. The van der Waals surface area contributed by atoms with Crippen molar-refractivity contribution in [2.45, 2.75) is 129 Å². The van der Waals surface area contributed by atoms with Crippen LogP contribution in [0.25, 0.3) is 0 Å². The van der Waals surface area contributed by atoms with Crippen molar-refractivity contribution in [2.75, 3.05) is 6.61 Å². The monoisotopic (exact) mass is 391 g/mol. The average molecular weight is 392 g/mol. The highest BCUT2D eigenvalue weighted by Gasteiger charge is 2.20. The molecule has 1 aromatic heterocycles. The predicted octanol–water partition coefficient (Wildman–Crippen LogP) is 7.91. The molecule has 0 saturated heterocycles. The summed E-state index contributed by atoms with van der Waals surface area (Å²) in [4.78, 5) is 0. The molecule has 0 spiro atoms. The van der Waals surface area contributed by atoms with Crippen LogP contribution in [0.2, 0.25) is 0 Å². The predicted molar refractivity (Wildman–Crippen MR) is 120 cm³/mol. The summed E-state index contributed by atoms with van der Waals surface area (Å²) in [5.41, 5.74) is 0. The summed E-state index contributed by atoms with van der Waals surface area (Å²) in [5.74, 6) is 1.84. The van der Waals surface area contributed by atoms with Gasteiger partial charge in [0.15, 0.2) is 5.75 Å². The fraction of sp³-hybridized carbons (Fsp3) is 0.840. The number of aromatic nitrogens is 1. The molecule has 1 aliphatic heterocycles. The molecule has 1 aromatic rings. The van der Waals surface area contributed by atoms with Gasteiger partial charge in [-0.3, -0.25) is 0 Å². The minimum atomic E-state index is 0.166. The van der Waals surface area contributed by atoms with Crippen molar-refractivity contribution in [2.24, 2.45) is 0 Å². The highest BCUT2D eigenvalue weighted by atomic mass is 16.6. The molecule has 3 heteroatoms. The molecule has 0 saturated carbocycles. The van der Waals surface area contributed by atoms with E-state index in [2.05, 4.69) is 24.6 Å². The van der Waals surface area contributed by atoms with E-state index in [1.54, 1.807) is 0 Å². The van der Waals surface area contributed by atoms with Gasteiger partial charge in [-0.1, -0.05) is 103 Å². The van der Waals surface area contributed by atoms with Crippen LogP contribution < -0.4 is 9.47 Å². The van der Waals surface area contributed by atoms with E-state index in [9.17, 15) is 0 Å². The molecule has 3 nitrogen and oxygen atoms in total. The average Bonchev–Trinajstić information content (AvgIpc) is 3.09. The van der Waals surface area contributed by atoms with Crippen molar-refractivity contribution in [3.8, 4) is 11.6 Å². The molecule has 1 unspecified atom stereocenters. The molecule has 2 rings (SSSR count). The third kappa shape index (κ3) is 9.39. The molecular formula is C25H45NO2. The van der Waals surface area contributed by atoms with Gasteiger partial charge in [0, 0.05) is 18.8 Å². The fourth-order valence-electron chi connectivity index (χ4n) is 4.14. The Labute approximate surface area is 174 Å². The summed E-state index contributed by atoms with van der Waals surface area (Å²) >= 11 is 0. The number of nitrogens with zero attached hydrogens (tertiary/aromatic N) is 1. The van der Waals surface area contributed by atoms with Crippen LogP contribution >= 0.6 is 0 Å². The van der Waals surface area contributed by atoms with E-state index in [4.69, 9.17) is 9.47 Å². The van der Waals surface area contributed by atoms with Crippen LogP contribution in [0.4, 0.5) is 0 Å². The summed E-state index contributed by atoms with van der Waals surface area (Å²) in [6, 6.07) is 2.04.